The molecule has 0 spiro atoms. The van der Waals surface area contributed by atoms with Crippen LogP contribution in [0.25, 0.3) is 17.1 Å². The van der Waals surface area contributed by atoms with Gasteiger partial charge in [-0.15, -0.1) is 0 Å². The van der Waals surface area contributed by atoms with E-state index < -0.39 is 30.2 Å². The summed E-state index contributed by atoms with van der Waals surface area (Å²) in [7, 11) is 0. The van der Waals surface area contributed by atoms with Gasteiger partial charge in [0.1, 0.15) is 5.75 Å². The third-order valence-corrected chi connectivity index (χ3v) is 28.1. The summed E-state index contributed by atoms with van der Waals surface area (Å²) in [5.74, 6) is -0.773. The van der Waals surface area contributed by atoms with Crippen molar-refractivity contribution in [2.45, 2.75) is 241 Å². The fourth-order valence-corrected chi connectivity index (χ4v) is 19.8. The van der Waals surface area contributed by atoms with E-state index in [1.165, 1.54) is 5.56 Å². The Kier molecular flexibility index (Phi) is 40.0. The summed E-state index contributed by atoms with van der Waals surface area (Å²) >= 11 is 0. The maximum Gasteiger partial charge on any atom is 0.323 e. The number of benzene rings is 9. The lowest BCUT2D eigenvalue weighted by atomic mass is 9.93. The molecule has 0 unspecified atom stereocenters. The van der Waals surface area contributed by atoms with E-state index in [1.807, 2.05) is 164 Å². The van der Waals surface area contributed by atoms with Crippen molar-refractivity contribution in [2.75, 3.05) is 92.3 Å². The summed E-state index contributed by atoms with van der Waals surface area (Å²) < 4.78 is 10.5. The molecule has 790 valence electrons. The van der Waals surface area contributed by atoms with Crippen molar-refractivity contribution in [3.8, 4) is 22.8 Å². The van der Waals surface area contributed by atoms with Gasteiger partial charge >= 0.3 is 18.1 Å². The highest BCUT2D eigenvalue weighted by Crippen LogP contribution is 2.36. The Morgan fingerprint density at radius 1 is 0.347 bits per heavy atom. The van der Waals surface area contributed by atoms with E-state index in [1.54, 1.807) is 120 Å². The number of aliphatic hydroxyl groups is 3. The standard InChI is InChI=1S/C44H50N6O4.C39H48N6O5.C36H48N6O4/c1-4-6-22-48(23-7-5-2)43(53)40-24-31(3)50(47-40)41-21-20-37(28-39(41)42(52)49-29-35-18-12-11-17-34(35)27-38(49)30-51)46-44(54)45-36-19-13-16-33(26-36)25-32-14-9-8-10-15-32;1-5-8-20-43(21-9-6-2)38(48)34-22-27(4)45(42-34)35-19-18-30(40-39(49)41-33-16-12-13-17-36(33)50-7-3)24-32(35)37(47)44-25-29-15-11-10-14-28(29)23-31(44)26-46;1-4-6-18-40(19-7-5-2)35(45)32-20-25(3)42(39-32)33-17-16-29(38-36(46)37-28-14-10-11-15-28)22-31(33)34(44)41-23-27-13-9-8-12-26(27)21-30(41)24-43/h8-21,24,26,28,38,51H,4-7,22-23,25,27,29-30H2,1-3H3,(H2,45,46,54);10-19,22,24,31,46H,5-9,20-21,23,25-26H2,1-4H3,(H2,40,41,49);8-9,12-13,16-17,20,22,28,30,43H,4-7,10-11,14-15,18-19,21,23-24H2,1-3H3,(H2,37,38,46)/t38-;31-;30-/m000/s1. The quantitative estimate of drug-likeness (QED) is 0.0172. The van der Waals surface area contributed by atoms with E-state index in [0.29, 0.717) is 176 Å². The first kappa shape index (κ1) is 111. The number of anilines is 5. The maximum absolute atomic E-state index is 14.7. The van der Waals surface area contributed by atoms with Crippen LogP contribution in [0.2, 0.25) is 0 Å². The molecule has 3 atom stereocenters. The lowest BCUT2D eigenvalue weighted by Gasteiger charge is -2.36. The van der Waals surface area contributed by atoms with Crippen LogP contribution in [0.3, 0.4) is 0 Å². The highest BCUT2D eigenvalue weighted by Gasteiger charge is 2.38. The molecule has 12 amide bonds. The number of amides is 12. The van der Waals surface area contributed by atoms with Gasteiger partial charge in [0.05, 0.1) is 84.0 Å². The number of aryl methyl sites for hydroxylation is 3. The van der Waals surface area contributed by atoms with Crippen molar-refractivity contribution in [2.24, 2.45) is 0 Å². The average molecular weight is 2040 g/mol. The van der Waals surface area contributed by atoms with Gasteiger partial charge in [0.2, 0.25) is 0 Å². The number of ether oxygens (including phenoxy) is 1. The Hall–Kier alpha value is -15.1. The number of urea groups is 3. The van der Waals surface area contributed by atoms with Gasteiger partial charge in [-0.2, -0.15) is 15.3 Å². The monoisotopic (exact) mass is 2040 g/mol. The van der Waals surface area contributed by atoms with Crippen molar-refractivity contribution < 1.29 is 63.2 Å². The van der Waals surface area contributed by atoms with Crippen LogP contribution in [0.5, 0.6) is 5.75 Å². The minimum Gasteiger partial charge on any atom is -0.492 e. The molecule has 4 aliphatic rings. The van der Waals surface area contributed by atoms with Crippen LogP contribution in [0.4, 0.5) is 42.8 Å². The molecule has 0 saturated heterocycles. The first-order valence-corrected chi connectivity index (χ1v) is 53.4. The number of nitrogens with one attached hydrogen (secondary N) is 6. The maximum atomic E-state index is 14.7. The van der Waals surface area contributed by atoms with Gasteiger partial charge < -0.3 is 81.4 Å². The topological polar surface area (TPSA) is 369 Å². The summed E-state index contributed by atoms with van der Waals surface area (Å²) in [5.41, 5.74) is 16.4. The van der Waals surface area contributed by atoms with Crippen LogP contribution >= 0.6 is 0 Å². The number of fused-ring (bicyclic) bond motifs is 3. The minimum absolute atomic E-state index is 0.119. The summed E-state index contributed by atoms with van der Waals surface area (Å²) in [6, 6.07) is 67.1. The van der Waals surface area contributed by atoms with Crippen LogP contribution < -0.4 is 36.6 Å². The lowest BCUT2D eigenvalue weighted by Crippen LogP contribution is -2.46. The van der Waals surface area contributed by atoms with Crippen LogP contribution in [-0.2, 0) is 45.3 Å². The Labute approximate surface area is 880 Å². The molecule has 1 aliphatic carbocycles. The molecule has 0 radical (unpaired) electrons. The van der Waals surface area contributed by atoms with E-state index in [4.69, 9.17) is 20.0 Å². The van der Waals surface area contributed by atoms with Gasteiger partial charge in [0.15, 0.2) is 17.1 Å². The van der Waals surface area contributed by atoms with Gasteiger partial charge in [-0.05, 0) is 246 Å². The molecule has 12 aromatic rings. The van der Waals surface area contributed by atoms with E-state index in [0.717, 1.165) is 148 Å². The Balaban J connectivity index is 0.000000178. The normalized spacial score (nSPS) is 14.5. The number of rotatable bonds is 40. The number of carbonyl (C=O) groups excluding carboxylic acids is 9. The zero-order valence-electron chi connectivity index (χ0n) is 88.3. The van der Waals surface area contributed by atoms with Crippen molar-refractivity contribution in [3.05, 3.63) is 320 Å². The first-order valence-electron chi connectivity index (χ1n) is 53.4. The van der Waals surface area contributed by atoms with Crippen molar-refractivity contribution in [1.29, 1.82) is 0 Å². The summed E-state index contributed by atoms with van der Waals surface area (Å²) in [6.45, 7) is 24.9. The fraction of sp³-hybridized carbons (Fsp3) is 0.395. The van der Waals surface area contributed by atoms with Gasteiger partial charge in [0.25, 0.3) is 35.4 Å². The van der Waals surface area contributed by atoms with Crippen molar-refractivity contribution in [1.82, 2.24) is 64.1 Å². The van der Waals surface area contributed by atoms with E-state index in [-0.39, 0.29) is 78.5 Å². The summed E-state index contributed by atoms with van der Waals surface area (Å²) in [6.07, 6.45) is 17.8. The van der Waals surface area contributed by atoms with Crippen LogP contribution in [0.15, 0.2) is 224 Å². The largest absolute Gasteiger partial charge is 0.492 e. The third kappa shape index (κ3) is 28.3. The summed E-state index contributed by atoms with van der Waals surface area (Å²) in [4.78, 5) is 135. The number of carbonyl (C=O) groups is 9. The summed E-state index contributed by atoms with van der Waals surface area (Å²) in [5, 5.41) is 62.9. The molecule has 16 rings (SSSR count). The van der Waals surface area contributed by atoms with Crippen LogP contribution in [0, 0.1) is 20.8 Å². The highest BCUT2D eigenvalue weighted by atomic mass is 16.5. The Morgan fingerprint density at radius 3 is 1.02 bits per heavy atom. The number of hydrogen-bond acceptors (Lipinski definition) is 16. The number of nitrogens with zero attached hydrogens (tertiary/aromatic N) is 12. The second kappa shape index (κ2) is 54.2. The molecule has 9 aromatic carbocycles. The van der Waals surface area contributed by atoms with E-state index in [9.17, 15) is 58.5 Å². The smallest absolute Gasteiger partial charge is 0.323 e. The van der Waals surface area contributed by atoms with E-state index >= 15 is 0 Å². The molecule has 3 aliphatic heterocycles. The first-order chi connectivity index (χ1) is 72.9. The molecule has 31 heteroatoms. The van der Waals surface area contributed by atoms with Gasteiger partial charge in [-0.3, -0.25) is 28.8 Å². The van der Waals surface area contributed by atoms with Gasteiger partial charge in [0, 0.05) is 105 Å². The zero-order chi connectivity index (χ0) is 106. The van der Waals surface area contributed by atoms with Crippen molar-refractivity contribution >= 4 is 82.0 Å². The molecule has 9 N–H and O–H groups in total. The Morgan fingerprint density at radius 2 is 0.667 bits per heavy atom. The molecule has 6 heterocycles. The molecule has 31 nitrogen and oxygen atoms in total. The fourth-order valence-electron chi connectivity index (χ4n) is 19.8. The highest BCUT2D eigenvalue weighted by molar-refractivity contribution is 6.06. The predicted molar refractivity (Wildman–Crippen MR) is 588 cm³/mol. The molecule has 1 fully saturated rings. The third-order valence-electron chi connectivity index (χ3n) is 28.1. The minimum atomic E-state index is -0.508. The number of unbranched alkanes of at least 4 members (excludes halogenated alkanes) is 6. The molecular weight excluding hydrogens is 1890 g/mol. The molecule has 0 bridgehead atoms. The lowest BCUT2D eigenvalue weighted by molar-refractivity contribution is 0.0539. The number of aliphatic hydroxyl groups excluding tert-OH is 3. The van der Waals surface area contributed by atoms with Crippen LogP contribution in [0.1, 0.15) is 275 Å². The molecular formula is C119H146N18O13. The van der Waals surface area contributed by atoms with Gasteiger partial charge in [-0.1, -0.05) is 220 Å². The predicted octanol–water partition coefficient (Wildman–Crippen LogP) is 20.7. The number of para-hydroxylation sites is 2. The molecule has 3 aromatic heterocycles. The van der Waals surface area contributed by atoms with Gasteiger partial charge in [-0.25, -0.2) is 28.4 Å². The van der Waals surface area contributed by atoms with Crippen molar-refractivity contribution in [3.63, 3.8) is 0 Å². The number of hydrogen-bond donors (Lipinski definition) is 9. The van der Waals surface area contributed by atoms with E-state index in [2.05, 4.69) is 85.6 Å². The van der Waals surface area contributed by atoms with Crippen LogP contribution in [-0.4, -0.2) is 217 Å². The Bertz CT molecular complexity index is 6620. The zero-order valence-corrected chi connectivity index (χ0v) is 88.3. The average Bonchev–Trinajstić information content (AvgIpc) is 1.46. The number of aromatic nitrogens is 6. The SMILES string of the molecule is CCCCN(CCCC)C(=O)c1cc(C)n(-c2ccc(NC(=O)NC3CCCC3)cc2C(=O)N2Cc3ccccc3C[C@H]2CO)n1.CCCCN(CCCC)C(=O)c1cc(C)n(-c2ccc(NC(=O)Nc3cccc(Cc4ccccc4)c3)cc2C(=O)N2Cc3ccccc3C[C@H]2CO)n1.CCCCN(CCCC)C(=O)c1cc(C)n(-c2ccc(NC(=O)Nc3ccccc3OCC)cc2C(=O)N2Cc3ccccc3C[C@H]2CO)n1. The molecule has 1 saturated carbocycles. The second-order valence-corrected chi connectivity index (χ2v) is 39.2. The second-order valence-electron chi connectivity index (χ2n) is 39.2. The molecule has 150 heavy (non-hydrogen) atoms.